The summed E-state index contributed by atoms with van der Waals surface area (Å²) < 4.78 is 0. The van der Waals surface area contributed by atoms with Gasteiger partial charge in [0, 0.05) is 26.1 Å². The maximum Gasteiger partial charge on any atom is 0.278 e. The van der Waals surface area contributed by atoms with E-state index in [0.717, 1.165) is 0 Å². The molecule has 1 heterocycles. The van der Waals surface area contributed by atoms with Crippen LogP contribution < -0.4 is 0 Å². The van der Waals surface area contributed by atoms with Crippen molar-refractivity contribution in [2.45, 2.75) is 19.4 Å². The summed E-state index contributed by atoms with van der Waals surface area (Å²) in [6.07, 6.45) is -0.455. The van der Waals surface area contributed by atoms with Crippen LogP contribution in [0.5, 0.6) is 0 Å². The normalized spacial score (nSPS) is 17.3. The topological polar surface area (TPSA) is 85.0 Å². The Hall–Kier alpha value is -2.44. The number of amides is 1. The van der Waals surface area contributed by atoms with Gasteiger partial charge in [0.2, 0.25) is 6.10 Å². The van der Waals surface area contributed by atoms with Crippen molar-refractivity contribution in [2.75, 3.05) is 13.6 Å². The Labute approximate surface area is 116 Å². The smallest absolute Gasteiger partial charge is 0.278 e. The number of para-hydroxylation sites is 1. The molecule has 1 aromatic rings. The minimum absolute atomic E-state index is 0.0354. The summed E-state index contributed by atoms with van der Waals surface area (Å²) in [5.74, 6) is -0.176. The highest BCUT2D eigenvalue weighted by Gasteiger charge is 2.32. The molecule has 0 bridgehead atoms. The van der Waals surface area contributed by atoms with E-state index in [1.165, 1.54) is 11.0 Å². The SMILES string of the molecule is CCN(C)C(=O)[C@H]1CC(c2ccccc2[N+](=O)[O-])=NO1. The third-order valence-corrected chi connectivity index (χ3v) is 3.21. The summed E-state index contributed by atoms with van der Waals surface area (Å²) in [5.41, 5.74) is 0.791. The third-order valence-electron chi connectivity index (χ3n) is 3.21. The van der Waals surface area contributed by atoms with Gasteiger partial charge in [0.25, 0.3) is 11.6 Å². The Morgan fingerprint density at radius 2 is 2.25 bits per heavy atom. The van der Waals surface area contributed by atoms with Gasteiger partial charge in [-0.15, -0.1) is 0 Å². The number of hydrogen-bond acceptors (Lipinski definition) is 5. The Morgan fingerprint density at radius 3 is 2.90 bits per heavy atom. The van der Waals surface area contributed by atoms with Gasteiger partial charge in [-0.05, 0) is 13.0 Å². The lowest BCUT2D eigenvalue weighted by molar-refractivity contribution is -0.385. The van der Waals surface area contributed by atoms with Crippen LogP contribution in [0, 0.1) is 10.1 Å². The predicted octanol–water partition coefficient (Wildman–Crippen LogP) is 1.57. The first-order valence-electron chi connectivity index (χ1n) is 6.26. The second-order valence-corrected chi connectivity index (χ2v) is 4.46. The van der Waals surface area contributed by atoms with Crippen LogP contribution in [-0.2, 0) is 9.63 Å². The number of hydrogen-bond donors (Lipinski definition) is 0. The molecular formula is C13H15N3O4. The Kier molecular flexibility index (Phi) is 3.97. The molecule has 1 aromatic carbocycles. The average molecular weight is 277 g/mol. The van der Waals surface area contributed by atoms with Crippen molar-refractivity contribution in [2.24, 2.45) is 5.16 Å². The van der Waals surface area contributed by atoms with Gasteiger partial charge in [0.05, 0.1) is 16.2 Å². The Morgan fingerprint density at radius 1 is 1.55 bits per heavy atom. The highest BCUT2D eigenvalue weighted by atomic mass is 16.6. The monoisotopic (exact) mass is 277 g/mol. The van der Waals surface area contributed by atoms with E-state index in [1.54, 1.807) is 25.2 Å². The molecule has 2 rings (SSSR count). The minimum atomic E-state index is -0.699. The molecule has 0 unspecified atom stereocenters. The fourth-order valence-electron chi connectivity index (χ4n) is 1.95. The molecular weight excluding hydrogens is 262 g/mol. The van der Waals surface area contributed by atoms with E-state index >= 15 is 0 Å². The van der Waals surface area contributed by atoms with Gasteiger partial charge >= 0.3 is 0 Å². The van der Waals surface area contributed by atoms with E-state index in [0.29, 0.717) is 17.8 Å². The van der Waals surface area contributed by atoms with E-state index in [-0.39, 0.29) is 18.0 Å². The molecule has 0 spiro atoms. The van der Waals surface area contributed by atoms with Crippen LogP contribution in [0.4, 0.5) is 5.69 Å². The number of carbonyl (C=O) groups excluding carboxylic acids is 1. The minimum Gasteiger partial charge on any atom is -0.382 e. The zero-order valence-corrected chi connectivity index (χ0v) is 11.3. The highest BCUT2D eigenvalue weighted by molar-refractivity contribution is 6.06. The molecule has 0 radical (unpaired) electrons. The first-order valence-corrected chi connectivity index (χ1v) is 6.26. The molecule has 0 fully saturated rings. The largest absolute Gasteiger partial charge is 0.382 e. The van der Waals surface area contributed by atoms with E-state index < -0.39 is 11.0 Å². The average Bonchev–Trinajstić information content (AvgIpc) is 2.95. The van der Waals surface area contributed by atoms with Crippen molar-refractivity contribution in [3.8, 4) is 0 Å². The Balaban J connectivity index is 2.18. The van der Waals surface area contributed by atoms with Crippen molar-refractivity contribution in [3.63, 3.8) is 0 Å². The molecule has 106 valence electrons. The number of nitro benzene ring substituents is 1. The number of rotatable bonds is 4. The van der Waals surface area contributed by atoms with Crippen molar-refractivity contribution in [1.29, 1.82) is 0 Å². The fourth-order valence-corrected chi connectivity index (χ4v) is 1.95. The molecule has 0 N–H and O–H groups in total. The molecule has 0 aromatic heterocycles. The van der Waals surface area contributed by atoms with E-state index in [2.05, 4.69) is 5.16 Å². The fraction of sp³-hybridized carbons (Fsp3) is 0.385. The summed E-state index contributed by atoms with van der Waals surface area (Å²) in [6.45, 7) is 2.43. The molecule has 0 saturated carbocycles. The maximum absolute atomic E-state index is 12.0. The Bertz CT molecular complexity index is 570. The molecule has 7 heteroatoms. The number of carbonyl (C=O) groups is 1. The van der Waals surface area contributed by atoms with Crippen molar-refractivity contribution in [1.82, 2.24) is 4.90 Å². The number of nitrogens with zero attached hydrogens (tertiary/aromatic N) is 3. The number of nitro groups is 1. The molecule has 0 aliphatic carbocycles. The molecule has 20 heavy (non-hydrogen) atoms. The van der Waals surface area contributed by atoms with Gasteiger partial charge in [0.15, 0.2) is 0 Å². The van der Waals surface area contributed by atoms with Gasteiger partial charge in [0.1, 0.15) is 0 Å². The molecule has 7 nitrogen and oxygen atoms in total. The van der Waals surface area contributed by atoms with Crippen molar-refractivity contribution >= 4 is 17.3 Å². The summed E-state index contributed by atoms with van der Waals surface area (Å²) in [5, 5.41) is 14.8. The van der Waals surface area contributed by atoms with E-state index in [9.17, 15) is 14.9 Å². The molecule has 1 aliphatic heterocycles. The zero-order chi connectivity index (χ0) is 14.7. The van der Waals surface area contributed by atoms with Gasteiger partial charge in [-0.25, -0.2) is 0 Å². The van der Waals surface area contributed by atoms with E-state index in [1.807, 2.05) is 6.92 Å². The highest BCUT2D eigenvalue weighted by Crippen LogP contribution is 2.25. The second kappa shape index (κ2) is 5.68. The van der Waals surface area contributed by atoms with Crippen LogP contribution in [0.25, 0.3) is 0 Å². The predicted molar refractivity (Wildman–Crippen MR) is 72.4 cm³/mol. The lowest BCUT2D eigenvalue weighted by atomic mass is 10.0. The van der Waals surface area contributed by atoms with Crippen molar-refractivity contribution in [3.05, 3.63) is 39.9 Å². The molecule has 1 amide bonds. The molecule has 1 atom stereocenters. The second-order valence-electron chi connectivity index (χ2n) is 4.46. The first kappa shape index (κ1) is 14.0. The molecule has 1 aliphatic rings. The van der Waals surface area contributed by atoms with Crippen LogP contribution >= 0.6 is 0 Å². The summed E-state index contributed by atoms with van der Waals surface area (Å²) >= 11 is 0. The summed E-state index contributed by atoms with van der Waals surface area (Å²) in [4.78, 5) is 29.1. The lowest BCUT2D eigenvalue weighted by Gasteiger charge is -2.17. The number of benzene rings is 1. The van der Waals surface area contributed by atoms with Crippen LogP contribution in [0.1, 0.15) is 18.9 Å². The van der Waals surface area contributed by atoms with Crippen LogP contribution in [0.3, 0.4) is 0 Å². The molecule has 0 saturated heterocycles. The van der Waals surface area contributed by atoms with Crippen molar-refractivity contribution < 1.29 is 14.6 Å². The van der Waals surface area contributed by atoms with Gasteiger partial charge in [-0.2, -0.15) is 0 Å². The van der Waals surface area contributed by atoms with E-state index in [4.69, 9.17) is 4.84 Å². The quantitative estimate of drug-likeness (QED) is 0.617. The zero-order valence-electron chi connectivity index (χ0n) is 11.3. The van der Waals surface area contributed by atoms with Crippen LogP contribution in [-0.4, -0.2) is 41.1 Å². The summed E-state index contributed by atoms with van der Waals surface area (Å²) in [7, 11) is 1.68. The third kappa shape index (κ3) is 2.61. The lowest BCUT2D eigenvalue weighted by Crippen LogP contribution is -2.36. The summed E-state index contributed by atoms with van der Waals surface area (Å²) in [6, 6.07) is 6.30. The number of oxime groups is 1. The van der Waals surface area contributed by atoms with Crippen LogP contribution in [0.2, 0.25) is 0 Å². The maximum atomic E-state index is 12.0. The standard InChI is InChI=1S/C13H15N3O4/c1-3-15(2)13(17)12-8-10(14-20-12)9-6-4-5-7-11(9)16(18)19/h4-7,12H,3,8H2,1-2H3/t12-/m1/s1. The first-order chi connectivity index (χ1) is 9.54. The number of likely N-dealkylation sites (N-methyl/N-ethyl adjacent to an activating group) is 1. The van der Waals surface area contributed by atoms with Gasteiger partial charge in [-0.1, -0.05) is 17.3 Å². The van der Waals surface area contributed by atoms with Crippen LogP contribution in [0.15, 0.2) is 29.4 Å². The van der Waals surface area contributed by atoms with Gasteiger partial charge in [-0.3, -0.25) is 14.9 Å². The van der Waals surface area contributed by atoms with Gasteiger partial charge < -0.3 is 9.74 Å².